The van der Waals surface area contributed by atoms with Gasteiger partial charge in [0.15, 0.2) is 4.90 Å². The maximum Gasteiger partial charge on any atom is 0.249 e. The van der Waals surface area contributed by atoms with Gasteiger partial charge in [0.1, 0.15) is 17.7 Å². The lowest BCUT2D eigenvalue weighted by Gasteiger charge is -2.37. The molecule has 2 unspecified atom stereocenters. The van der Waals surface area contributed by atoms with E-state index in [4.69, 9.17) is 4.74 Å². The number of nitrogens with zero attached hydrogens (tertiary/aromatic N) is 2. The Labute approximate surface area is 150 Å². The maximum atomic E-state index is 14.1. The zero-order chi connectivity index (χ0) is 18.3. The van der Waals surface area contributed by atoms with Crippen LogP contribution in [0.3, 0.4) is 0 Å². The summed E-state index contributed by atoms with van der Waals surface area (Å²) in [7, 11) is -4.24. The average molecular weight is 380 g/mol. The number of ether oxygens (including phenoxy) is 1. The van der Waals surface area contributed by atoms with E-state index in [2.05, 4.69) is 4.98 Å². The van der Waals surface area contributed by atoms with Gasteiger partial charge in [-0.25, -0.2) is 22.2 Å². The van der Waals surface area contributed by atoms with Crippen molar-refractivity contribution in [2.24, 2.45) is 0 Å². The van der Waals surface area contributed by atoms with Crippen LogP contribution in [0.5, 0.6) is 5.88 Å². The Balaban J connectivity index is 1.58. The third kappa shape index (κ3) is 2.97. The lowest BCUT2D eigenvalue weighted by atomic mass is 10.0. The van der Waals surface area contributed by atoms with Gasteiger partial charge in [-0.3, -0.25) is 0 Å². The van der Waals surface area contributed by atoms with Gasteiger partial charge in [-0.05, 0) is 31.0 Å². The van der Waals surface area contributed by atoms with Crippen molar-refractivity contribution >= 4 is 10.0 Å². The molecule has 0 aliphatic carbocycles. The molecule has 2 saturated heterocycles. The Kier molecular flexibility index (Phi) is 4.40. The zero-order valence-electron chi connectivity index (χ0n) is 13.9. The minimum atomic E-state index is -4.24. The van der Waals surface area contributed by atoms with E-state index < -0.39 is 26.6 Å². The molecule has 26 heavy (non-hydrogen) atoms. The summed E-state index contributed by atoms with van der Waals surface area (Å²) in [5.74, 6) is -1.62. The van der Waals surface area contributed by atoms with E-state index in [9.17, 15) is 17.2 Å². The Morgan fingerprint density at radius 2 is 1.65 bits per heavy atom. The summed E-state index contributed by atoms with van der Waals surface area (Å²) in [4.78, 5) is 3.27. The minimum Gasteiger partial charge on any atom is -0.474 e. The highest BCUT2D eigenvalue weighted by atomic mass is 32.2. The fourth-order valence-electron chi connectivity index (χ4n) is 3.99. The Hall–Kier alpha value is -2.06. The highest BCUT2D eigenvalue weighted by Crippen LogP contribution is 2.41. The van der Waals surface area contributed by atoms with Crippen LogP contribution in [0.1, 0.15) is 25.7 Å². The van der Waals surface area contributed by atoms with E-state index in [0.717, 1.165) is 18.2 Å². The Morgan fingerprint density at radius 3 is 2.23 bits per heavy atom. The number of aromatic nitrogens is 1. The first-order chi connectivity index (χ1) is 12.5. The molecule has 138 valence electrons. The van der Waals surface area contributed by atoms with E-state index in [-0.39, 0.29) is 18.2 Å². The molecule has 0 radical (unpaired) electrons. The molecule has 4 rings (SSSR count). The summed E-state index contributed by atoms with van der Waals surface area (Å²) >= 11 is 0. The molecule has 0 spiro atoms. The molecule has 8 heteroatoms. The molecule has 0 saturated carbocycles. The third-order valence-electron chi connectivity index (χ3n) is 5.00. The molecule has 2 bridgehead atoms. The van der Waals surface area contributed by atoms with Gasteiger partial charge in [-0.15, -0.1) is 0 Å². The van der Waals surface area contributed by atoms with Crippen LogP contribution < -0.4 is 4.74 Å². The Bertz CT molecular complexity index is 874. The number of piperidine rings is 1. The van der Waals surface area contributed by atoms with Gasteiger partial charge in [-0.2, -0.15) is 4.31 Å². The SMILES string of the molecule is O=S(=O)(c1c(F)cccc1F)N1C2CCC1CC(Oc1ccccn1)C2. The molecule has 0 N–H and O–H groups in total. The fourth-order valence-corrected chi connectivity index (χ4v) is 6.00. The number of fused-ring (bicyclic) bond motifs is 2. The first-order valence-corrected chi connectivity index (χ1v) is 9.96. The van der Waals surface area contributed by atoms with Crippen molar-refractivity contribution in [1.82, 2.24) is 9.29 Å². The van der Waals surface area contributed by atoms with Gasteiger partial charge < -0.3 is 4.74 Å². The molecule has 0 amide bonds. The largest absolute Gasteiger partial charge is 0.474 e. The van der Waals surface area contributed by atoms with Crippen LogP contribution in [0.15, 0.2) is 47.5 Å². The van der Waals surface area contributed by atoms with E-state index >= 15 is 0 Å². The average Bonchev–Trinajstić information content (AvgIpc) is 2.88. The summed E-state index contributed by atoms with van der Waals surface area (Å²) < 4.78 is 61.2. The molecular weight excluding hydrogens is 362 g/mol. The molecule has 1 aromatic carbocycles. The first-order valence-electron chi connectivity index (χ1n) is 8.52. The van der Waals surface area contributed by atoms with Gasteiger partial charge in [0, 0.05) is 37.2 Å². The molecule has 2 aliphatic rings. The van der Waals surface area contributed by atoms with E-state index in [1.165, 1.54) is 4.31 Å². The van der Waals surface area contributed by atoms with E-state index in [0.29, 0.717) is 31.6 Å². The summed E-state index contributed by atoms with van der Waals surface area (Å²) in [6.07, 6.45) is 3.72. The molecule has 3 heterocycles. The van der Waals surface area contributed by atoms with E-state index in [1.807, 2.05) is 6.07 Å². The topological polar surface area (TPSA) is 59.5 Å². The molecule has 1 aromatic heterocycles. The second kappa shape index (κ2) is 6.59. The van der Waals surface area contributed by atoms with Crippen LogP contribution in [-0.4, -0.2) is 35.9 Å². The number of sulfonamides is 1. The molecule has 2 aliphatic heterocycles. The van der Waals surface area contributed by atoms with Crippen LogP contribution in [0.4, 0.5) is 8.78 Å². The predicted molar refractivity (Wildman–Crippen MR) is 90.1 cm³/mol. The van der Waals surface area contributed by atoms with Gasteiger partial charge >= 0.3 is 0 Å². The summed E-state index contributed by atoms with van der Waals surface area (Å²) in [5, 5.41) is 0. The van der Waals surface area contributed by atoms with Crippen LogP contribution in [0.2, 0.25) is 0 Å². The van der Waals surface area contributed by atoms with Crippen LogP contribution in [0, 0.1) is 11.6 Å². The first kappa shape index (κ1) is 17.4. The highest BCUT2D eigenvalue weighted by Gasteiger charge is 2.49. The predicted octanol–water partition coefficient (Wildman–Crippen LogP) is 3.12. The molecule has 2 atom stereocenters. The number of pyridine rings is 1. The van der Waals surface area contributed by atoms with Gasteiger partial charge in [0.2, 0.25) is 15.9 Å². The van der Waals surface area contributed by atoms with Crippen molar-refractivity contribution in [2.75, 3.05) is 0 Å². The number of hydrogen-bond acceptors (Lipinski definition) is 4. The van der Waals surface area contributed by atoms with Crippen molar-refractivity contribution in [3.05, 3.63) is 54.2 Å². The second-order valence-electron chi connectivity index (χ2n) is 6.65. The summed E-state index contributed by atoms with van der Waals surface area (Å²) in [6.45, 7) is 0. The van der Waals surface area contributed by atoms with Crippen molar-refractivity contribution < 1.29 is 21.9 Å². The number of hydrogen-bond donors (Lipinski definition) is 0. The second-order valence-corrected chi connectivity index (χ2v) is 8.43. The van der Waals surface area contributed by atoms with Crippen LogP contribution in [-0.2, 0) is 10.0 Å². The van der Waals surface area contributed by atoms with Crippen molar-refractivity contribution in [2.45, 2.75) is 48.8 Å². The number of halogens is 2. The Morgan fingerprint density at radius 1 is 1.00 bits per heavy atom. The maximum absolute atomic E-state index is 14.1. The normalized spacial score (nSPS) is 26.0. The minimum absolute atomic E-state index is 0.167. The standard InChI is InChI=1S/C18H18F2N2O3S/c19-15-4-3-5-16(20)18(15)26(23,24)22-12-7-8-13(22)11-14(10-12)25-17-6-1-2-9-21-17/h1-6,9,12-14H,7-8,10-11H2. The van der Waals surface area contributed by atoms with Crippen LogP contribution in [0.25, 0.3) is 0 Å². The number of rotatable bonds is 4. The lowest BCUT2D eigenvalue weighted by molar-refractivity contribution is 0.0916. The monoisotopic (exact) mass is 380 g/mol. The van der Waals surface area contributed by atoms with Crippen molar-refractivity contribution in [3.8, 4) is 5.88 Å². The molecule has 2 fully saturated rings. The van der Waals surface area contributed by atoms with Gasteiger partial charge in [0.25, 0.3) is 0 Å². The molecular formula is C18H18F2N2O3S. The molecule has 5 nitrogen and oxygen atoms in total. The fraction of sp³-hybridized carbons (Fsp3) is 0.389. The highest BCUT2D eigenvalue weighted by molar-refractivity contribution is 7.89. The lowest BCUT2D eigenvalue weighted by Crippen LogP contribution is -2.49. The van der Waals surface area contributed by atoms with Gasteiger partial charge in [-0.1, -0.05) is 12.1 Å². The van der Waals surface area contributed by atoms with Crippen LogP contribution >= 0.6 is 0 Å². The number of benzene rings is 1. The van der Waals surface area contributed by atoms with Gasteiger partial charge in [0.05, 0.1) is 0 Å². The third-order valence-corrected chi connectivity index (χ3v) is 7.06. The summed E-state index contributed by atoms with van der Waals surface area (Å²) in [6, 6.07) is 7.79. The van der Waals surface area contributed by atoms with Crippen molar-refractivity contribution in [1.29, 1.82) is 0 Å². The zero-order valence-corrected chi connectivity index (χ0v) is 14.7. The summed E-state index contributed by atoms with van der Waals surface area (Å²) in [5.41, 5.74) is 0. The quantitative estimate of drug-likeness (QED) is 0.818. The van der Waals surface area contributed by atoms with Crippen molar-refractivity contribution in [3.63, 3.8) is 0 Å². The smallest absolute Gasteiger partial charge is 0.249 e. The molecule has 2 aromatic rings. The van der Waals surface area contributed by atoms with E-state index in [1.54, 1.807) is 18.3 Å².